The fraction of sp³-hybridized carbons (Fsp3) is 0.357. The van der Waals surface area contributed by atoms with Crippen LogP contribution in [0, 0.1) is 10.1 Å². The lowest BCUT2D eigenvalue weighted by Gasteiger charge is -2.16. The minimum absolute atomic E-state index is 0.0329. The molecule has 0 spiro atoms. The highest BCUT2D eigenvalue weighted by atomic mass is 16.6. The van der Waals surface area contributed by atoms with Crippen LogP contribution >= 0.6 is 0 Å². The Morgan fingerprint density at radius 3 is 2.77 bits per heavy atom. The van der Waals surface area contributed by atoms with E-state index in [2.05, 4.69) is 10.2 Å². The second-order valence-electron chi connectivity index (χ2n) is 5.25. The first-order valence-electron chi connectivity index (χ1n) is 6.97. The van der Waals surface area contributed by atoms with Gasteiger partial charge in [0.2, 0.25) is 0 Å². The van der Waals surface area contributed by atoms with Gasteiger partial charge in [0, 0.05) is 37.7 Å². The number of carbonyl (C=O) groups is 1. The summed E-state index contributed by atoms with van der Waals surface area (Å²) in [4.78, 5) is 24.0. The summed E-state index contributed by atoms with van der Waals surface area (Å²) >= 11 is 0. The number of hydrogen-bond acceptors (Lipinski definition) is 5. The zero-order chi connectivity index (χ0) is 15.7. The highest BCUT2D eigenvalue weighted by Crippen LogP contribution is 2.17. The molecule has 0 bridgehead atoms. The van der Waals surface area contributed by atoms with E-state index in [4.69, 9.17) is 0 Å². The second kappa shape index (κ2) is 5.55. The molecule has 8 heteroatoms. The summed E-state index contributed by atoms with van der Waals surface area (Å²) in [6.07, 6.45) is 1.98. The van der Waals surface area contributed by atoms with Crippen LogP contribution in [0.2, 0.25) is 0 Å². The van der Waals surface area contributed by atoms with E-state index < -0.39 is 4.92 Å². The molecule has 0 saturated carbocycles. The molecule has 0 unspecified atom stereocenters. The molecule has 0 atom stereocenters. The maximum Gasteiger partial charge on any atom is 0.269 e. The molecule has 8 nitrogen and oxygen atoms in total. The number of carbonyl (C=O) groups excluding carboxylic acids is 1. The third-order valence-corrected chi connectivity index (χ3v) is 3.74. The van der Waals surface area contributed by atoms with Crippen LogP contribution in [0.4, 0.5) is 5.69 Å². The van der Waals surface area contributed by atoms with Gasteiger partial charge in [0.15, 0.2) is 5.82 Å². The first-order chi connectivity index (χ1) is 10.6. The van der Waals surface area contributed by atoms with E-state index in [0.717, 1.165) is 31.0 Å². The molecule has 1 aromatic heterocycles. The van der Waals surface area contributed by atoms with E-state index in [1.54, 1.807) is 7.05 Å². The van der Waals surface area contributed by atoms with Crippen LogP contribution in [0.5, 0.6) is 0 Å². The van der Waals surface area contributed by atoms with Gasteiger partial charge in [0.1, 0.15) is 5.82 Å². The van der Waals surface area contributed by atoms with Gasteiger partial charge in [-0.05, 0) is 18.6 Å². The maximum absolute atomic E-state index is 12.4. The Labute approximate surface area is 126 Å². The predicted octanol–water partition coefficient (Wildman–Crippen LogP) is 1.40. The summed E-state index contributed by atoms with van der Waals surface area (Å²) in [5.41, 5.74) is 0.378. The number of fused-ring (bicyclic) bond motifs is 1. The Balaban J connectivity index is 1.72. The molecule has 3 rings (SSSR count). The minimum atomic E-state index is -0.489. The molecule has 22 heavy (non-hydrogen) atoms. The number of hydrogen-bond donors (Lipinski definition) is 0. The smallest absolute Gasteiger partial charge is 0.269 e. The molecule has 0 fully saturated rings. The van der Waals surface area contributed by atoms with E-state index in [-0.39, 0.29) is 11.6 Å². The zero-order valence-corrected chi connectivity index (χ0v) is 12.1. The van der Waals surface area contributed by atoms with E-state index in [1.807, 2.05) is 4.57 Å². The summed E-state index contributed by atoms with van der Waals surface area (Å²) < 4.78 is 2.04. The maximum atomic E-state index is 12.4. The summed E-state index contributed by atoms with van der Waals surface area (Å²) in [6, 6.07) is 5.59. The molecule has 0 aliphatic carbocycles. The molecule has 0 radical (unpaired) electrons. The van der Waals surface area contributed by atoms with Gasteiger partial charge in [-0.3, -0.25) is 14.9 Å². The minimum Gasteiger partial charge on any atom is -0.334 e. The van der Waals surface area contributed by atoms with Crippen LogP contribution in [0.1, 0.15) is 28.4 Å². The van der Waals surface area contributed by atoms with Gasteiger partial charge in [-0.2, -0.15) is 0 Å². The average Bonchev–Trinajstić information content (AvgIpc) is 3.11. The summed E-state index contributed by atoms with van der Waals surface area (Å²) in [7, 11) is 1.68. The number of aromatic nitrogens is 3. The Kier molecular flexibility index (Phi) is 3.58. The highest BCUT2D eigenvalue weighted by Gasteiger charge is 2.20. The number of non-ortho nitro benzene ring substituents is 1. The van der Waals surface area contributed by atoms with Crippen LogP contribution in [0.25, 0.3) is 0 Å². The zero-order valence-electron chi connectivity index (χ0n) is 12.1. The fourth-order valence-corrected chi connectivity index (χ4v) is 2.56. The first-order valence-corrected chi connectivity index (χ1v) is 6.97. The SMILES string of the molecule is CN(Cc1nnc2n1CCC2)C(=O)c1ccc([N+](=O)[O-])cc1. The third kappa shape index (κ3) is 2.54. The number of nitro benzene ring substituents is 1. The normalized spacial score (nSPS) is 13.0. The second-order valence-corrected chi connectivity index (χ2v) is 5.25. The van der Waals surface area contributed by atoms with Gasteiger partial charge in [-0.1, -0.05) is 0 Å². The molecule has 1 aliphatic heterocycles. The van der Waals surface area contributed by atoms with Crippen LogP contribution in [-0.4, -0.2) is 37.5 Å². The van der Waals surface area contributed by atoms with Crippen LogP contribution < -0.4 is 0 Å². The molecule has 114 valence electrons. The summed E-state index contributed by atoms with van der Waals surface area (Å²) in [6.45, 7) is 1.25. The van der Waals surface area contributed by atoms with Crippen molar-refractivity contribution in [2.24, 2.45) is 0 Å². The average molecular weight is 301 g/mol. The standard InChI is InChI=1S/C14H15N5O3/c1-17(9-13-16-15-12-3-2-8-18(12)13)14(20)10-4-6-11(7-5-10)19(21)22/h4-7H,2-3,8-9H2,1H3. The van der Waals surface area contributed by atoms with Gasteiger partial charge in [0.25, 0.3) is 11.6 Å². The molecule has 1 amide bonds. The summed E-state index contributed by atoms with van der Waals surface area (Å²) in [5.74, 6) is 1.53. The Hall–Kier alpha value is -2.77. The number of amides is 1. The van der Waals surface area contributed by atoms with Crippen molar-refractivity contribution < 1.29 is 9.72 Å². The van der Waals surface area contributed by atoms with Crippen LogP contribution in [0.15, 0.2) is 24.3 Å². The van der Waals surface area contributed by atoms with Gasteiger partial charge in [-0.25, -0.2) is 0 Å². The molecule has 0 saturated heterocycles. The van der Waals surface area contributed by atoms with Gasteiger partial charge in [-0.15, -0.1) is 10.2 Å². The summed E-state index contributed by atoms with van der Waals surface area (Å²) in [5, 5.41) is 18.9. The lowest BCUT2D eigenvalue weighted by molar-refractivity contribution is -0.384. The van der Waals surface area contributed by atoms with Crippen molar-refractivity contribution in [3.05, 3.63) is 51.6 Å². The molecule has 2 aromatic rings. The molecule has 2 heterocycles. The number of nitrogens with zero attached hydrogens (tertiary/aromatic N) is 5. The van der Waals surface area contributed by atoms with Crippen molar-refractivity contribution in [2.75, 3.05) is 7.05 Å². The lowest BCUT2D eigenvalue weighted by Crippen LogP contribution is -2.27. The van der Waals surface area contributed by atoms with E-state index in [0.29, 0.717) is 12.1 Å². The number of nitro groups is 1. The largest absolute Gasteiger partial charge is 0.334 e. The molecule has 1 aliphatic rings. The van der Waals surface area contributed by atoms with Crippen molar-refractivity contribution in [3.8, 4) is 0 Å². The van der Waals surface area contributed by atoms with Gasteiger partial charge in [0.05, 0.1) is 11.5 Å². The van der Waals surface area contributed by atoms with E-state index in [9.17, 15) is 14.9 Å². The lowest BCUT2D eigenvalue weighted by atomic mass is 10.2. The fourth-order valence-electron chi connectivity index (χ4n) is 2.56. The monoisotopic (exact) mass is 301 g/mol. The van der Waals surface area contributed by atoms with Gasteiger partial charge >= 0.3 is 0 Å². The number of rotatable bonds is 4. The first kappa shape index (κ1) is 14.2. The third-order valence-electron chi connectivity index (χ3n) is 3.74. The highest BCUT2D eigenvalue weighted by molar-refractivity contribution is 5.94. The molecular formula is C14H15N5O3. The molecule has 1 aromatic carbocycles. The predicted molar refractivity (Wildman–Crippen MR) is 77.2 cm³/mol. The van der Waals surface area contributed by atoms with Crippen molar-refractivity contribution in [1.29, 1.82) is 0 Å². The van der Waals surface area contributed by atoms with Crippen molar-refractivity contribution in [3.63, 3.8) is 0 Å². The number of benzene rings is 1. The van der Waals surface area contributed by atoms with Crippen LogP contribution in [-0.2, 0) is 19.5 Å². The van der Waals surface area contributed by atoms with Crippen molar-refractivity contribution in [1.82, 2.24) is 19.7 Å². The quantitative estimate of drug-likeness (QED) is 0.628. The topological polar surface area (TPSA) is 94.2 Å². The van der Waals surface area contributed by atoms with Gasteiger partial charge < -0.3 is 9.47 Å². The Morgan fingerprint density at radius 2 is 2.09 bits per heavy atom. The van der Waals surface area contributed by atoms with E-state index >= 15 is 0 Å². The number of aryl methyl sites for hydroxylation is 1. The van der Waals surface area contributed by atoms with E-state index in [1.165, 1.54) is 29.2 Å². The Bertz CT molecular complexity index is 723. The van der Waals surface area contributed by atoms with Crippen molar-refractivity contribution >= 4 is 11.6 Å². The molecular weight excluding hydrogens is 286 g/mol. The van der Waals surface area contributed by atoms with Crippen LogP contribution in [0.3, 0.4) is 0 Å². The van der Waals surface area contributed by atoms with Crippen molar-refractivity contribution in [2.45, 2.75) is 25.9 Å². The molecule has 0 N–H and O–H groups in total. The Morgan fingerprint density at radius 1 is 1.36 bits per heavy atom.